The van der Waals surface area contributed by atoms with Gasteiger partial charge >= 0.3 is 24.5 Å². The molecule has 0 aliphatic rings. The van der Waals surface area contributed by atoms with Gasteiger partial charge < -0.3 is 10.4 Å². The van der Waals surface area contributed by atoms with E-state index in [2.05, 4.69) is 10.3 Å². The second-order valence-corrected chi connectivity index (χ2v) is 10.7. The highest BCUT2D eigenvalue weighted by Crippen LogP contribution is 2.43. The van der Waals surface area contributed by atoms with Gasteiger partial charge in [-0.3, -0.25) is 14.6 Å². The van der Waals surface area contributed by atoms with Crippen molar-refractivity contribution in [2.24, 2.45) is 0 Å². The lowest BCUT2D eigenvalue weighted by Crippen LogP contribution is -2.10. The van der Waals surface area contributed by atoms with E-state index in [0.29, 0.717) is 18.2 Å². The molecule has 0 atom stereocenters. The Morgan fingerprint density at radius 3 is 1.94 bits per heavy atom. The molecule has 3 aromatic carbocycles. The average molecular weight is 689 g/mol. The van der Waals surface area contributed by atoms with Crippen molar-refractivity contribution in [1.82, 2.24) is 4.98 Å². The van der Waals surface area contributed by atoms with Crippen LogP contribution in [-0.4, -0.2) is 21.8 Å². The minimum Gasteiger partial charge on any atom is -0.481 e. The number of hydrogen-bond donors (Lipinski definition) is 2. The quantitative estimate of drug-likeness (QED) is 0.128. The molecule has 1 heterocycles. The molecule has 1 aromatic heterocycles. The number of nitrogens with one attached hydrogen (secondary N) is 1. The van der Waals surface area contributed by atoms with Gasteiger partial charge in [-0.05, 0) is 65.6 Å². The number of nitrogens with zero attached hydrogens (tertiary/aromatic N) is 1. The molecule has 4 aromatic rings. The summed E-state index contributed by atoms with van der Waals surface area (Å²) < 4.78 is 122. The lowest BCUT2D eigenvalue weighted by Gasteiger charge is -2.18. The Labute approximate surface area is 266 Å². The molecule has 0 aliphatic carbocycles. The fraction of sp³-hybridized carbons (Fsp3) is 0.219. The highest BCUT2D eigenvalue weighted by atomic mass is 35.5. The van der Waals surface area contributed by atoms with Crippen LogP contribution >= 0.6 is 11.6 Å². The second kappa shape index (κ2) is 13.6. The van der Waals surface area contributed by atoms with E-state index in [0.717, 1.165) is 36.5 Å². The number of hydrogen-bond acceptors (Lipinski definition) is 4. The largest absolute Gasteiger partial charge is 0.481 e. The Morgan fingerprint density at radius 2 is 1.36 bits per heavy atom. The molecule has 0 spiro atoms. The molecule has 0 bridgehead atoms. The summed E-state index contributed by atoms with van der Waals surface area (Å²) >= 11 is 5.95. The van der Waals surface area contributed by atoms with Gasteiger partial charge in [-0.15, -0.1) is 0 Å². The fourth-order valence-electron chi connectivity index (χ4n) is 4.65. The molecular weight excluding hydrogens is 667 g/mol. The summed E-state index contributed by atoms with van der Waals surface area (Å²) in [6.07, 6.45) is -13.6. The minimum absolute atomic E-state index is 0.0221. The van der Waals surface area contributed by atoms with E-state index < -0.39 is 57.6 Å². The van der Waals surface area contributed by atoms with Crippen LogP contribution in [0.3, 0.4) is 0 Å². The van der Waals surface area contributed by atoms with E-state index in [4.69, 9.17) is 16.7 Å². The predicted octanol–water partition coefficient (Wildman–Crippen LogP) is 10.2. The molecular formula is C32H22ClF9N2O3. The predicted molar refractivity (Wildman–Crippen MR) is 155 cm³/mol. The molecule has 0 radical (unpaired) electrons. The lowest BCUT2D eigenvalue weighted by atomic mass is 9.96. The molecule has 4 rings (SSSR count). The third-order valence-corrected chi connectivity index (χ3v) is 7.30. The van der Waals surface area contributed by atoms with Gasteiger partial charge in [0.25, 0.3) is 0 Å². The normalized spacial score (nSPS) is 12.2. The number of carboxylic acids is 1. The topological polar surface area (TPSA) is 79.3 Å². The van der Waals surface area contributed by atoms with Crippen LogP contribution in [0.4, 0.5) is 45.2 Å². The smallest absolute Gasteiger partial charge is 0.417 e. The summed E-state index contributed by atoms with van der Waals surface area (Å²) in [6.45, 7) is -0.263. The van der Waals surface area contributed by atoms with Gasteiger partial charge in [0.05, 0.1) is 16.7 Å². The number of benzene rings is 3. The highest BCUT2D eigenvalue weighted by Gasteiger charge is 2.36. The van der Waals surface area contributed by atoms with Crippen LogP contribution in [-0.2, 0) is 29.9 Å². The Kier molecular flexibility index (Phi) is 10.2. The van der Waals surface area contributed by atoms with Crippen LogP contribution in [0.2, 0.25) is 5.02 Å². The lowest BCUT2D eigenvalue weighted by molar-refractivity contribution is -0.138. The summed E-state index contributed by atoms with van der Waals surface area (Å²) in [5.41, 5.74) is -3.87. The summed E-state index contributed by atoms with van der Waals surface area (Å²) in [5, 5.41) is 10.9. The van der Waals surface area contributed by atoms with Crippen LogP contribution < -0.4 is 5.32 Å². The van der Waals surface area contributed by atoms with E-state index in [1.165, 1.54) is 18.2 Å². The number of rotatable bonds is 10. The summed E-state index contributed by atoms with van der Waals surface area (Å²) in [4.78, 5) is 27.0. The van der Waals surface area contributed by atoms with Crippen molar-refractivity contribution in [2.75, 3.05) is 5.32 Å². The summed E-state index contributed by atoms with van der Waals surface area (Å²) in [7, 11) is 0. The zero-order valence-corrected chi connectivity index (χ0v) is 24.5. The maximum atomic E-state index is 14.1. The van der Waals surface area contributed by atoms with E-state index in [-0.39, 0.29) is 59.4 Å². The van der Waals surface area contributed by atoms with Crippen molar-refractivity contribution in [3.63, 3.8) is 0 Å². The first-order chi connectivity index (χ1) is 21.8. The monoisotopic (exact) mass is 688 g/mol. The molecule has 0 unspecified atom stereocenters. The summed E-state index contributed by atoms with van der Waals surface area (Å²) in [6, 6.07) is 10.3. The Bertz CT molecular complexity index is 1790. The van der Waals surface area contributed by atoms with Crippen LogP contribution in [0, 0.1) is 0 Å². The molecule has 0 fully saturated rings. The molecule has 0 saturated heterocycles. The van der Waals surface area contributed by atoms with Crippen molar-refractivity contribution < 1.29 is 54.2 Å². The second-order valence-electron chi connectivity index (χ2n) is 10.3. The number of carbonyl (C=O) groups excluding carboxylic acids is 1. The maximum absolute atomic E-state index is 14.1. The number of carboxylic acid groups (broad SMARTS) is 1. The number of carbonyl (C=O) groups is 2. The average Bonchev–Trinajstić information content (AvgIpc) is 2.98. The van der Waals surface area contributed by atoms with Crippen molar-refractivity contribution >= 4 is 29.0 Å². The Hall–Kier alpha value is -4.59. The minimum atomic E-state index is -4.96. The number of alkyl halides is 9. The first-order valence-corrected chi connectivity index (χ1v) is 14.0. The van der Waals surface area contributed by atoms with Crippen LogP contribution in [0.15, 0.2) is 72.9 Å². The number of ketones is 1. The molecule has 0 saturated carbocycles. The van der Waals surface area contributed by atoms with Crippen molar-refractivity contribution in [2.45, 2.75) is 44.3 Å². The number of halogens is 10. The van der Waals surface area contributed by atoms with Gasteiger partial charge in [-0.1, -0.05) is 35.9 Å². The number of aromatic nitrogens is 1. The van der Waals surface area contributed by atoms with E-state index in [9.17, 15) is 49.1 Å². The molecule has 5 nitrogen and oxygen atoms in total. The SMILES string of the molecule is O=C(O)CCCC(=O)c1ccc(-c2cc(C(F)(F)F)ccc2CNc2ccc(-c3ccc(C(F)(F)F)cc3Cl)c(C(F)(F)F)c2)cn1. The number of pyridine rings is 1. The van der Waals surface area contributed by atoms with Gasteiger partial charge in [-0.25, -0.2) is 0 Å². The van der Waals surface area contributed by atoms with Crippen molar-refractivity contribution in [3.05, 3.63) is 106 Å². The van der Waals surface area contributed by atoms with Crippen LogP contribution in [0.1, 0.15) is 52.0 Å². The Balaban J connectivity index is 1.64. The highest BCUT2D eigenvalue weighted by molar-refractivity contribution is 6.33. The van der Waals surface area contributed by atoms with Crippen LogP contribution in [0.25, 0.3) is 22.3 Å². The van der Waals surface area contributed by atoms with Gasteiger partial charge in [0.2, 0.25) is 0 Å². The zero-order valence-electron chi connectivity index (χ0n) is 23.7. The van der Waals surface area contributed by atoms with E-state index in [1.807, 2.05) is 0 Å². The standard InChI is InChI=1S/C32H22ClF9N2O3/c33-26-13-20(31(37,38)39)7-9-23(26)22-10-8-21(14-25(22)32(40,41)42)43-15-17-4-6-19(30(34,35)36)12-24(17)18-5-11-27(44-16-18)28(45)2-1-3-29(46)47/h4-14,16,43H,1-3,15H2,(H,46,47). The van der Waals surface area contributed by atoms with Crippen molar-refractivity contribution in [3.8, 4) is 22.3 Å². The van der Waals surface area contributed by atoms with E-state index in [1.54, 1.807) is 0 Å². The number of anilines is 1. The van der Waals surface area contributed by atoms with Gasteiger partial charge in [0.15, 0.2) is 5.78 Å². The molecule has 0 aliphatic heterocycles. The summed E-state index contributed by atoms with van der Waals surface area (Å²) in [5.74, 6) is -1.55. The van der Waals surface area contributed by atoms with Crippen LogP contribution in [0.5, 0.6) is 0 Å². The molecule has 15 heteroatoms. The molecule has 2 N–H and O–H groups in total. The number of Topliss-reactive ketones (excluding diaryl/α,β-unsaturated/α-hetero) is 1. The van der Waals surface area contributed by atoms with E-state index >= 15 is 0 Å². The molecule has 47 heavy (non-hydrogen) atoms. The first-order valence-electron chi connectivity index (χ1n) is 13.6. The maximum Gasteiger partial charge on any atom is 0.417 e. The van der Waals surface area contributed by atoms with Gasteiger partial charge in [0, 0.05) is 47.4 Å². The molecule has 248 valence electrons. The molecule has 0 amide bonds. The first kappa shape index (κ1) is 35.3. The third kappa shape index (κ3) is 8.82. The third-order valence-electron chi connectivity index (χ3n) is 6.99. The van der Waals surface area contributed by atoms with Gasteiger partial charge in [-0.2, -0.15) is 39.5 Å². The van der Waals surface area contributed by atoms with Crippen molar-refractivity contribution in [1.29, 1.82) is 0 Å². The Morgan fingerprint density at radius 1 is 0.723 bits per heavy atom. The number of aliphatic carboxylic acids is 1. The fourth-order valence-corrected chi connectivity index (χ4v) is 4.94. The van der Waals surface area contributed by atoms with Gasteiger partial charge in [0.1, 0.15) is 5.69 Å². The zero-order chi connectivity index (χ0) is 34.7.